The molecule has 1 fully saturated rings. The van der Waals surface area contributed by atoms with Crippen LogP contribution < -0.4 is 0 Å². The van der Waals surface area contributed by atoms with E-state index in [9.17, 15) is 0 Å². The van der Waals surface area contributed by atoms with Gasteiger partial charge in [-0.05, 0) is 36.5 Å². The van der Waals surface area contributed by atoms with Gasteiger partial charge < -0.3 is 4.74 Å². The Morgan fingerprint density at radius 2 is 2.19 bits per heavy atom. The van der Waals surface area contributed by atoms with Gasteiger partial charge in [0.1, 0.15) is 0 Å². The number of thiol groups is 1. The Bertz CT molecular complexity index is 370. The maximum Gasteiger partial charge on any atom is 0.0507 e. The fraction of sp³-hybridized carbons (Fsp3) is 0.500. The van der Waals surface area contributed by atoms with Gasteiger partial charge in [0.25, 0.3) is 0 Å². The van der Waals surface area contributed by atoms with Crippen LogP contribution in [-0.4, -0.2) is 18.5 Å². The molecule has 16 heavy (non-hydrogen) atoms. The normalized spacial score (nSPS) is 25.7. The Morgan fingerprint density at radius 3 is 2.88 bits per heavy atom. The molecule has 0 saturated carbocycles. The van der Waals surface area contributed by atoms with E-state index < -0.39 is 0 Å². The first-order chi connectivity index (χ1) is 7.66. The third-order valence-corrected chi connectivity index (χ3v) is 4.20. The van der Waals surface area contributed by atoms with Crippen molar-refractivity contribution in [1.82, 2.24) is 0 Å². The smallest absolute Gasteiger partial charge is 0.0507 e. The molecule has 0 bridgehead atoms. The molecule has 1 aromatic carbocycles. The van der Waals surface area contributed by atoms with Crippen LogP contribution in [0, 0.1) is 5.92 Å². The molecule has 0 aromatic heterocycles. The molecule has 1 saturated heterocycles. The Morgan fingerprint density at radius 1 is 1.38 bits per heavy atom. The van der Waals surface area contributed by atoms with E-state index in [0.29, 0.717) is 16.2 Å². The maximum atomic E-state index is 6.15. The highest BCUT2D eigenvalue weighted by molar-refractivity contribution is 7.81. The van der Waals surface area contributed by atoms with Crippen molar-refractivity contribution in [2.24, 2.45) is 5.92 Å². The zero-order chi connectivity index (χ0) is 11.5. The van der Waals surface area contributed by atoms with Crippen molar-refractivity contribution in [1.29, 1.82) is 0 Å². The average molecular weight is 277 g/mol. The van der Waals surface area contributed by atoms with Gasteiger partial charge in [-0.2, -0.15) is 12.6 Å². The molecule has 0 aliphatic carbocycles. The minimum atomic E-state index is 0.403. The lowest BCUT2D eigenvalue weighted by Gasteiger charge is -2.28. The Hall–Kier alpha value is 0.110. The number of ether oxygens (including phenoxy) is 1. The van der Waals surface area contributed by atoms with Crippen molar-refractivity contribution in [2.45, 2.75) is 18.1 Å². The molecule has 1 aliphatic rings. The van der Waals surface area contributed by atoms with Gasteiger partial charge in [0, 0.05) is 21.9 Å². The second-order valence-electron chi connectivity index (χ2n) is 4.13. The minimum Gasteiger partial charge on any atom is -0.381 e. The molecule has 1 nitrogen and oxygen atoms in total. The first-order valence-corrected chi connectivity index (χ1v) is 6.64. The van der Waals surface area contributed by atoms with E-state index in [1.54, 1.807) is 6.07 Å². The van der Waals surface area contributed by atoms with E-state index >= 15 is 0 Å². The highest BCUT2D eigenvalue weighted by Crippen LogP contribution is 2.28. The standard InChI is InChI=1S/C12H14Cl2OS/c13-10-2-1-8(11(14)6-10)5-9-7-15-4-3-12(9)16/h1-2,6,9,12,16H,3-5,7H2/t9-,12-/m1/s1. The SMILES string of the molecule is S[C@@H]1CCOC[C@H]1Cc1ccc(Cl)cc1Cl. The monoisotopic (exact) mass is 276 g/mol. The molecule has 0 N–H and O–H groups in total. The molecule has 88 valence electrons. The quantitative estimate of drug-likeness (QED) is 0.807. The van der Waals surface area contributed by atoms with E-state index in [1.807, 2.05) is 12.1 Å². The van der Waals surface area contributed by atoms with E-state index in [0.717, 1.165) is 36.6 Å². The number of hydrogen-bond acceptors (Lipinski definition) is 2. The Labute approximate surface area is 111 Å². The van der Waals surface area contributed by atoms with Gasteiger partial charge >= 0.3 is 0 Å². The Kier molecular flexibility index (Phi) is 4.42. The first kappa shape index (κ1) is 12.6. The third-order valence-electron chi connectivity index (χ3n) is 2.93. The van der Waals surface area contributed by atoms with E-state index in [2.05, 4.69) is 12.6 Å². The van der Waals surface area contributed by atoms with Crippen LogP contribution in [0.4, 0.5) is 0 Å². The summed E-state index contributed by atoms with van der Waals surface area (Å²) in [6, 6.07) is 5.65. The van der Waals surface area contributed by atoms with Crippen LogP contribution in [0.1, 0.15) is 12.0 Å². The van der Waals surface area contributed by atoms with Gasteiger partial charge in [0.2, 0.25) is 0 Å². The molecule has 0 amide bonds. The van der Waals surface area contributed by atoms with Crippen LogP contribution in [0.2, 0.25) is 10.0 Å². The van der Waals surface area contributed by atoms with Crippen LogP contribution in [0.3, 0.4) is 0 Å². The largest absolute Gasteiger partial charge is 0.381 e. The van der Waals surface area contributed by atoms with Gasteiger partial charge in [-0.15, -0.1) is 0 Å². The second-order valence-corrected chi connectivity index (χ2v) is 5.64. The summed E-state index contributed by atoms with van der Waals surface area (Å²) in [5.74, 6) is 0.441. The third kappa shape index (κ3) is 3.07. The van der Waals surface area contributed by atoms with Gasteiger partial charge in [0.05, 0.1) is 6.61 Å². The molecule has 0 radical (unpaired) electrons. The predicted molar refractivity (Wildman–Crippen MR) is 71.9 cm³/mol. The van der Waals surface area contributed by atoms with Crippen LogP contribution in [0.25, 0.3) is 0 Å². The highest BCUT2D eigenvalue weighted by atomic mass is 35.5. The molecule has 0 spiro atoms. The van der Waals surface area contributed by atoms with Gasteiger partial charge in [-0.1, -0.05) is 29.3 Å². The number of halogens is 2. The van der Waals surface area contributed by atoms with Gasteiger partial charge in [0.15, 0.2) is 0 Å². The fourth-order valence-electron chi connectivity index (χ4n) is 1.95. The molecule has 2 atom stereocenters. The van der Waals surface area contributed by atoms with Gasteiger partial charge in [-0.3, -0.25) is 0 Å². The van der Waals surface area contributed by atoms with Crippen molar-refractivity contribution in [2.75, 3.05) is 13.2 Å². The maximum absolute atomic E-state index is 6.15. The average Bonchev–Trinajstić information content (AvgIpc) is 2.25. The zero-order valence-corrected chi connectivity index (χ0v) is 11.2. The lowest BCUT2D eigenvalue weighted by Crippen LogP contribution is -2.29. The molecular formula is C12H14Cl2OS. The van der Waals surface area contributed by atoms with E-state index in [1.165, 1.54) is 0 Å². The molecule has 1 aliphatic heterocycles. The summed E-state index contributed by atoms with van der Waals surface area (Å²) in [6.45, 7) is 1.59. The van der Waals surface area contributed by atoms with Gasteiger partial charge in [-0.25, -0.2) is 0 Å². The van der Waals surface area contributed by atoms with Crippen LogP contribution in [-0.2, 0) is 11.2 Å². The molecule has 0 unspecified atom stereocenters. The zero-order valence-electron chi connectivity index (χ0n) is 8.83. The van der Waals surface area contributed by atoms with Crippen LogP contribution >= 0.6 is 35.8 Å². The molecule has 4 heteroatoms. The van der Waals surface area contributed by atoms with Crippen LogP contribution in [0.15, 0.2) is 18.2 Å². The topological polar surface area (TPSA) is 9.23 Å². The molecule has 2 rings (SSSR count). The number of benzene rings is 1. The lowest BCUT2D eigenvalue weighted by molar-refractivity contribution is 0.0596. The summed E-state index contributed by atoms with van der Waals surface area (Å²) >= 11 is 16.6. The van der Waals surface area contributed by atoms with Crippen molar-refractivity contribution in [3.05, 3.63) is 33.8 Å². The number of hydrogen-bond donors (Lipinski definition) is 1. The van der Waals surface area contributed by atoms with Crippen molar-refractivity contribution in [3.8, 4) is 0 Å². The highest BCUT2D eigenvalue weighted by Gasteiger charge is 2.23. The first-order valence-electron chi connectivity index (χ1n) is 5.36. The summed E-state index contributed by atoms with van der Waals surface area (Å²) < 4.78 is 5.47. The van der Waals surface area contributed by atoms with Crippen LogP contribution in [0.5, 0.6) is 0 Å². The second kappa shape index (κ2) is 5.63. The van der Waals surface area contributed by atoms with Crippen molar-refractivity contribution >= 4 is 35.8 Å². The molecular weight excluding hydrogens is 263 g/mol. The number of rotatable bonds is 2. The minimum absolute atomic E-state index is 0.403. The summed E-state index contributed by atoms with van der Waals surface area (Å²) in [4.78, 5) is 0. The van der Waals surface area contributed by atoms with Crippen molar-refractivity contribution < 1.29 is 4.74 Å². The van der Waals surface area contributed by atoms with E-state index in [4.69, 9.17) is 27.9 Å². The summed E-state index contributed by atoms with van der Waals surface area (Å²) in [6.07, 6.45) is 1.92. The molecule has 1 aromatic rings. The fourth-order valence-corrected chi connectivity index (χ4v) is 2.73. The van der Waals surface area contributed by atoms with Crippen molar-refractivity contribution in [3.63, 3.8) is 0 Å². The lowest BCUT2D eigenvalue weighted by atomic mass is 9.93. The summed E-state index contributed by atoms with van der Waals surface area (Å²) in [5, 5.41) is 1.81. The molecule has 1 heterocycles. The Balaban J connectivity index is 2.07. The predicted octanol–water partition coefficient (Wildman–Crippen LogP) is 3.87. The summed E-state index contributed by atoms with van der Waals surface area (Å²) in [5.41, 5.74) is 1.13. The van der Waals surface area contributed by atoms with E-state index in [-0.39, 0.29) is 0 Å². The summed E-state index contributed by atoms with van der Waals surface area (Å²) in [7, 11) is 0.